The molecule has 0 atom stereocenters. The highest BCUT2D eigenvalue weighted by atomic mass is 16.4. The fraction of sp³-hybridized carbons (Fsp3) is 0.357. The zero-order valence-corrected chi connectivity index (χ0v) is 11.6. The van der Waals surface area contributed by atoms with Gasteiger partial charge in [0.25, 0.3) is 0 Å². The predicted molar refractivity (Wildman–Crippen MR) is 75.7 cm³/mol. The Balaban J connectivity index is 2.13. The molecule has 0 aliphatic rings. The second-order valence-electron chi connectivity index (χ2n) is 4.61. The molecule has 3 aromatic rings. The molecule has 0 amide bonds. The van der Waals surface area contributed by atoms with E-state index >= 15 is 0 Å². The van der Waals surface area contributed by atoms with Crippen LogP contribution in [0.1, 0.15) is 25.1 Å². The van der Waals surface area contributed by atoms with Gasteiger partial charge in [-0.15, -0.1) is 5.10 Å². The van der Waals surface area contributed by atoms with Gasteiger partial charge in [-0.1, -0.05) is 24.2 Å². The molecule has 20 heavy (non-hydrogen) atoms. The molecule has 6 heteroatoms. The van der Waals surface area contributed by atoms with Crippen molar-refractivity contribution in [3.05, 3.63) is 36.0 Å². The molecule has 0 fully saturated rings. The van der Waals surface area contributed by atoms with Gasteiger partial charge in [0, 0.05) is 6.42 Å². The summed E-state index contributed by atoms with van der Waals surface area (Å²) >= 11 is 0. The molecule has 1 aromatic carbocycles. The average Bonchev–Trinajstić information content (AvgIpc) is 3.03. The number of benzene rings is 1. The third-order valence-electron chi connectivity index (χ3n) is 3.08. The average molecular weight is 271 g/mol. The number of nitrogens with one attached hydrogen (secondary N) is 1. The predicted octanol–water partition coefficient (Wildman–Crippen LogP) is 2.08. The van der Waals surface area contributed by atoms with Crippen LogP contribution in [0.5, 0.6) is 0 Å². The second-order valence-corrected chi connectivity index (χ2v) is 4.61. The van der Waals surface area contributed by atoms with Gasteiger partial charge in [0.1, 0.15) is 5.82 Å². The van der Waals surface area contributed by atoms with Crippen molar-refractivity contribution in [3.63, 3.8) is 0 Å². The molecule has 3 rings (SSSR count). The Labute approximate surface area is 116 Å². The van der Waals surface area contributed by atoms with Gasteiger partial charge in [0.15, 0.2) is 0 Å². The van der Waals surface area contributed by atoms with Gasteiger partial charge in [-0.05, 0) is 25.6 Å². The van der Waals surface area contributed by atoms with Gasteiger partial charge < -0.3 is 9.73 Å². The Hall–Kier alpha value is -2.21. The maximum atomic E-state index is 5.74. The molecule has 6 nitrogen and oxygen atoms in total. The Kier molecular flexibility index (Phi) is 3.47. The van der Waals surface area contributed by atoms with Crippen LogP contribution in [0, 0.1) is 0 Å². The maximum absolute atomic E-state index is 5.74. The lowest BCUT2D eigenvalue weighted by Crippen LogP contribution is -2.11. The van der Waals surface area contributed by atoms with E-state index in [1.54, 1.807) is 0 Å². The van der Waals surface area contributed by atoms with Crippen LogP contribution in [0.4, 0.5) is 0 Å². The van der Waals surface area contributed by atoms with E-state index in [0.29, 0.717) is 18.5 Å². The monoisotopic (exact) mass is 271 g/mol. The zero-order chi connectivity index (χ0) is 13.9. The lowest BCUT2D eigenvalue weighted by Gasteiger charge is -2.03. The number of aromatic nitrogens is 4. The summed E-state index contributed by atoms with van der Waals surface area (Å²) in [4.78, 5) is 4.61. The summed E-state index contributed by atoms with van der Waals surface area (Å²) in [5.74, 6) is 1.52. The third-order valence-corrected chi connectivity index (χ3v) is 3.08. The van der Waals surface area contributed by atoms with E-state index in [4.69, 9.17) is 4.42 Å². The molecule has 104 valence electrons. The summed E-state index contributed by atoms with van der Waals surface area (Å²) < 4.78 is 7.65. The van der Waals surface area contributed by atoms with E-state index in [0.717, 1.165) is 29.7 Å². The third kappa shape index (κ3) is 2.18. The summed E-state index contributed by atoms with van der Waals surface area (Å²) in [6.45, 7) is 2.73. The fourth-order valence-corrected chi connectivity index (χ4v) is 2.22. The van der Waals surface area contributed by atoms with E-state index in [1.807, 2.05) is 35.9 Å². The second kappa shape index (κ2) is 5.42. The lowest BCUT2D eigenvalue weighted by molar-refractivity contribution is 0.469. The largest absolute Gasteiger partial charge is 0.407 e. The summed E-state index contributed by atoms with van der Waals surface area (Å²) in [7, 11) is 1.89. The highest BCUT2D eigenvalue weighted by Crippen LogP contribution is 2.21. The van der Waals surface area contributed by atoms with Crippen molar-refractivity contribution >= 4 is 11.0 Å². The van der Waals surface area contributed by atoms with Crippen LogP contribution in [0.2, 0.25) is 0 Å². The number of aryl methyl sites for hydroxylation is 1. The minimum absolute atomic E-state index is 0.479. The Morgan fingerprint density at radius 1 is 1.25 bits per heavy atom. The highest BCUT2D eigenvalue weighted by Gasteiger charge is 2.16. The Morgan fingerprint density at radius 2 is 2.10 bits per heavy atom. The van der Waals surface area contributed by atoms with E-state index in [2.05, 4.69) is 27.4 Å². The van der Waals surface area contributed by atoms with Crippen molar-refractivity contribution in [1.29, 1.82) is 0 Å². The maximum Gasteiger partial charge on any atom is 0.328 e. The van der Waals surface area contributed by atoms with Crippen LogP contribution in [0.15, 0.2) is 28.7 Å². The number of hydrogen-bond acceptors (Lipinski definition) is 5. The number of para-hydroxylation sites is 2. The van der Waals surface area contributed by atoms with Crippen LogP contribution in [-0.2, 0) is 13.0 Å². The van der Waals surface area contributed by atoms with E-state index < -0.39 is 0 Å². The van der Waals surface area contributed by atoms with Gasteiger partial charge >= 0.3 is 6.01 Å². The van der Waals surface area contributed by atoms with Crippen molar-refractivity contribution in [2.45, 2.75) is 26.3 Å². The van der Waals surface area contributed by atoms with Gasteiger partial charge in [-0.3, -0.25) is 0 Å². The number of hydrogen-bond donors (Lipinski definition) is 1. The standard InChI is InChI=1S/C14H17N5O/c1-3-6-13-17-18-14(20-13)19-11-8-5-4-7-10(11)16-12(19)9-15-2/h4-5,7-8,15H,3,6,9H2,1-2H3. The quantitative estimate of drug-likeness (QED) is 0.769. The molecule has 1 N–H and O–H groups in total. The minimum atomic E-state index is 0.479. The summed E-state index contributed by atoms with van der Waals surface area (Å²) in [6.07, 6.45) is 1.77. The molecule has 0 saturated heterocycles. The SMILES string of the molecule is CCCc1nnc(-n2c(CNC)nc3ccccc32)o1. The molecule has 2 heterocycles. The molecule has 0 unspecified atom stereocenters. The lowest BCUT2D eigenvalue weighted by atomic mass is 10.3. The molecule has 2 aromatic heterocycles. The minimum Gasteiger partial charge on any atom is -0.407 e. The summed E-state index contributed by atoms with van der Waals surface area (Å²) in [6, 6.07) is 8.42. The molecule has 0 aliphatic heterocycles. The smallest absolute Gasteiger partial charge is 0.328 e. The van der Waals surface area contributed by atoms with E-state index in [-0.39, 0.29) is 0 Å². The van der Waals surface area contributed by atoms with Crippen molar-refractivity contribution in [1.82, 2.24) is 25.1 Å². The normalized spacial score (nSPS) is 11.3. The first-order valence-corrected chi connectivity index (χ1v) is 6.77. The summed E-state index contributed by atoms with van der Waals surface area (Å²) in [5.41, 5.74) is 1.90. The first-order valence-electron chi connectivity index (χ1n) is 6.77. The van der Waals surface area contributed by atoms with Crippen LogP contribution in [-0.4, -0.2) is 26.8 Å². The highest BCUT2D eigenvalue weighted by molar-refractivity contribution is 5.77. The number of imidazole rings is 1. The summed E-state index contributed by atoms with van der Waals surface area (Å²) in [5, 5.41) is 11.3. The van der Waals surface area contributed by atoms with Crippen LogP contribution in [0.3, 0.4) is 0 Å². The topological polar surface area (TPSA) is 68.8 Å². The molecule has 0 bridgehead atoms. The molecule has 0 saturated carbocycles. The van der Waals surface area contributed by atoms with Gasteiger partial charge in [-0.2, -0.15) is 0 Å². The van der Waals surface area contributed by atoms with Crippen molar-refractivity contribution in [3.8, 4) is 6.01 Å². The molecule has 0 aliphatic carbocycles. The first-order chi connectivity index (χ1) is 9.83. The van der Waals surface area contributed by atoms with Crippen LogP contribution in [0.25, 0.3) is 17.0 Å². The molecular formula is C14H17N5O. The number of fused-ring (bicyclic) bond motifs is 1. The number of nitrogens with zero attached hydrogens (tertiary/aromatic N) is 4. The molecular weight excluding hydrogens is 254 g/mol. The fourth-order valence-electron chi connectivity index (χ4n) is 2.22. The van der Waals surface area contributed by atoms with E-state index in [1.165, 1.54) is 0 Å². The molecule has 0 spiro atoms. The van der Waals surface area contributed by atoms with Crippen molar-refractivity contribution < 1.29 is 4.42 Å². The van der Waals surface area contributed by atoms with Crippen LogP contribution >= 0.6 is 0 Å². The van der Waals surface area contributed by atoms with Crippen molar-refractivity contribution in [2.24, 2.45) is 0 Å². The van der Waals surface area contributed by atoms with Gasteiger partial charge in [0.05, 0.1) is 17.6 Å². The Morgan fingerprint density at radius 3 is 2.90 bits per heavy atom. The van der Waals surface area contributed by atoms with E-state index in [9.17, 15) is 0 Å². The Bertz CT molecular complexity index is 715. The van der Waals surface area contributed by atoms with Gasteiger partial charge in [0.2, 0.25) is 5.89 Å². The number of rotatable bonds is 5. The van der Waals surface area contributed by atoms with Crippen molar-refractivity contribution in [2.75, 3.05) is 7.05 Å². The zero-order valence-electron chi connectivity index (χ0n) is 11.6. The molecule has 0 radical (unpaired) electrons. The van der Waals surface area contributed by atoms with Crippen LogP contribution < -0.4 is 5.32 Å². The van der Waals surface area contributed by atoms with Gasteiger partial charge in [-0.25, -0.2) is 9.55 Å². The first kappa shape index (κ1) is 12.8.